The number of fused-ring (bicyclic) bond motifs is 2. The fraction of sp³-hybridized carbons (Fsp3) is 0.450. The Balaban J connectivity index is 1.47. The van der Waals surface area contributed by atoms with Gasteiger partial charge in [-0.2, -0.15) is 5.10 Å². The molecule has 1 saturated carbocycles. The van der Waals surface area contributed by atoms with Crippen molar-refractivity contribution >= 4 is 22.6 Å². The predicted molar refractivity (Wildman–Crippen MR) is 105 cm³/mol. The summed E-state index contributed by atoms with van der Waals surface area (Å²) < 4.78 is 1.79. The zero-order valence-electron chi connectivity index (χ0n) is 15.1. The molecule has 7 heteroatoms. The SMILES string of the molecule is O=c1c2n[nH]c(C3CCCC3)c2nc2n1CCN(Cc1ccc(Cl)cc1)C2. The number of hydrogen-bond acceptors (Lipinski definition) is 4. The molecule has 2 aliphatic rings. The highest BCUT2D eigenvalue weighted by Crippen LogP contribution is 2.35. The van der Waals surface area contributed by atoms with Gasteiger partial charge in [0.1, 0.15) is 11.3 Å². The Morgan fingerprint density at radius 1 is 1.11 bits per heavy atom. The zero-order chi connectivity index (χ0) is 18.4. The van der Waals surface area contributed by atoms with E-state index in [1.54, 1.807) is 4.57 Å². The largest absolute Gasteiger partial charge is 0.292 e. The molecule has 5 rings (SSSR count). The first-order chi connectivity index (χ1) is 13.2. The van der Waals surface area contributed by atoms with E-state index in [9.17, 15) is 4.79 Å². The Morgan fingerprint density at radius 3 is 2.67 bits per heavy atom. The molecule has 0 amide bonds. The van der Waals surface area contributed by atoms with Gasteiger partial charge < -0.3 is 0 Å². The second-order valence-corrected chi connectivity index (χ2v) is 8.07. The molecular weight excluding hydrogens is 362 g/mol. The van der Waals surface area contributed by atoms with Crippen molar-refractivity contribution in [1.29, 1.82) is 0 Å². The molecule has 1 aliphatic carbocycles. The van der Waals surface area contributed by atoms with Crippen molar-refractivity contribution in [1.82, 2.24) is 24.6 Å². The zero-order valence-corrected chi connectivity index (χ0v) is 15.9. The van der Waals surface area contributed by atoms with Gasteiger partial charge in [-0.15, -0.1) is 0 Å². The van der Waals surface area contributed by atoms with Gasteiger partial charge in [0.2, 0.25) is 0 Å². The van der Waals surface area contributed by atoms with Gasteiger partial charge in [-0.05, 0) is 30.5 Å². The second-order valence-electron chi connectivity index (χ2n) is 7.64. The van der Waals surface area contributed by atoms with Gasteiger partial charge in [-0.25, -0.2) is 4.98 Å². The van der Waals surface area contributed by atoms with Gasteiger partial charge in [0, 0.05) is 30.6 Å². The van der Waals surface area contributed by atoms with Gasteiger partial charge in [-0.3, -0.25) is 19.4 Å². The summed E-state index contributed by atoms with van der Waals surface area (Å²) >= 11 is 5.98. The van der Waals surface area contributed by atoms with Crippen molar-refractivity contribution in [2.45, 2.75) is 51.2 Å². The Bertz CT molecular complexity index is 1030. The maximum absolute atomic E-state index is 12.9. The standard InChI is InChI=1S/C20H22ClN5O/c21-15-7-5-13(6-8-15)11-25-9-10-26-16(12-25)22-18-17(14-3-1-2-4-14)23-24-19(18)20(26)27/h5-8,14H,1-4,9-12H2,(H,23,24). The third-order valence-corrected chi connectivity index (χ3v) is 6.11. The van der Waals surface area contributed by atoms with Crippen molar-refractivity contribution in [3.63, 3.8) is 0 Å². The minimum absolute atomic E-state index is 0.0124. The van der Waals surface area contributed by atoms with Crippen LogP contribution in [0.4, 0.5) is 0 Å². The number of rotatable bonds is 3. The smallest absolute Gasteiger partial charge is 0.282 e. The van der Waals surface area contributed by atoms with Crippen LogP contribution in [0.3, 0.4) is 0 Å². The number of halogens is 1. The predicted octanol–water partition coefficient (Wildman–Crippen LogP) is 3.45. The molecule has 3 heterocycles. The molecule has 0 bridgehead atoms. The summed E-state index contributed by atoms with van der Waals surface area (Å²) in [6, 6.07) is 7.94. The molecule has 3 aromatic rings. The van der Waals surface area contributed by atoms with Gasteiger partial charge in [0.25, 0.3) is 5.56 Å². The average molecular weight is 384 g/mol. The normalized spacial score (nSPS) is 18.3. The van der Waals surface area contributed by atoms with Crippen LogP contribution in [0.2, 0.25) is 5.02 Å². The van der Waals surface area contributed by atoms with E-state index in [0.29, 0.717) is 24.5 Å². The number of aromatic nitrogens is 4. The van der Waals surface area contributed by atoms with Crippen LogP contribution in [0.5, 0.6) is 0 Å². The van der Waals surface area contributed by atoms with Crippen LogP contribution in [0.1, 0.15) is 48.7 Å². The first-order valence-electron chi connectivity index (χ1n) is 9.63. The Morgan fingerprint density at radius 2 is 1.89 bits per heavy atom. The monoisotopic (exact) mass is 383 g/mol. The van der Waals surface area contributed by atoms with Crippen molar-refractivity contribution in [3.05, 3.63) is 56.7 Å². The van der Waals surface area contributed by atoms with Crippen LogP contribution in [0.15, 0.2) is 29.1 Å². The highest BCUT2D eigenvalue weighted by Gasteiger charge is 2.26. The molecule has 1 aromatic carbocycles. The molecule has 0 radical (unpaired) electrons. The summed E-state index contributed by atoms with van der Waals surface area (Å²) in [5.74, 6) is 1.30. The maximum atomic E-state index is 12.9. The third kappa shape index (κ3) is 3.07. The number of benzene rings is 1. The lowest BCUT2D eigenvalue weighted by molar-refractivity contribution is 0.204. The van der Waals surface area contributed by atoms with Crippen LogP contribution < -0.4 is 5.56 Å². The van der Waals surface area contributed by atoms with E-state index in [1.165, 1.54) is 18.4 Å². The summed E-state index contributed by atoms with van der Waals surface area (Å²) in [4.78, 5) is 20.1. The highest BCUT2D eigenvalue weighted by atomic mass is 35.5. The molecular formula is C20H22ClN5O. The Kier molecular flexibility index (Phi) is 4.25. The molecule has 2 aromatic heterocycles. The van der Waals surface area contributed by atoms with E-state index in [2.05, 4.69) is 27.2 Å². The quantitative estimate of drug-likeness (QED) is 0.752. The minimum atomic E-state index is -0.0124. The molecule has 6 nitrogen and oxygen atoms in total. The molecule has 1 N–H and O–H groups in total. The fourth-order valence-electron chi connectivity index (χ4n) is 4.40. The van der Waals surface area contributed by atoms with E-state index in [-0.39, 0.29) is 5.56 Å². The molecule has 0 spiro atoms. The molecule has 0 saturated heterocycles. The second kappa shape index (κ2) is 6.77. The first-order valence-corrected chi connectivity index (χ1v) is 10.0. The van der Waals surface area contributed by atoms with E-state index < -0.39 is 0 Å². The Labute approximate surface area is 162 Å². The number of nitrogens with zero attached hydrogens (tertiary/aromatic N) is 4. The van der Waals surface area contributed by atoms with Crippen LogP contribution >= 0.6 is 11.6 Å². The summed E-state index contributed by atoms with van der Waals surface area (Å²) in [5, 5.41) is 8.19. The van der Waals surface area contributed by atoms with Crippen LogP contribution in [0.25, 0.3) is 11.0 Å². The summed E-state index contributed by atoms with van der Waals surface area (Å²) in [5.41, 5.74) is 3.53. The van der Waals surface area contributed by atoms with Crippen LogP contribution in [0, 0.1) is 0 Å². The summed E-state index contributed by atoms with van der Waals surface area (Å²) in [7, 11) is 0. The highest BCUT2D eigenvalue weighted by molar-refractivity contribution is 6.30. The molecule has 1 aliphatic heterocycles. The first kappa shape index (κ1) is 17.0. The van der Waals surface area contributed by atoms with Crippen LogP contribution in [-0.2, 0) is 19.6 Å². The van der Waals surface area contributed by atoms with E-state index >= 15 is 0 Å². The number of aromatic amines is 1. The summed E-state index contributed by atoms with van der Waals surface area (Å²) in [6.07, 6.45) is 4.79. The average Bonchev–Trinajstić information content (AvgIpc) is 3.33. The van der Waals surface area contributed by atoms with Crippen molar-refractivity contribution in [2.24, 2.45) is 0 Å². The van der Waals surface area contributed by atoms with E-state index in [4.69, 9.17) is 16.6 Å². The number of H-pyrrole nitrogens is 1. The number of nitrogens with one attached hydrogen (secondary N) is 1. The van der Waals surface area contributed by atoms with Gasteiger partial charge in [0.15, 0.2) is 5.52 Å². The van der Waals surface area contributed by atoms with Crippen molar-refractivity contribution in [3.8, 4) is 0 Å². The van der Waals surface area contributed by atoms with Crippen LogP contribution in [-0.4, -0.2) is 31.2 Å². The van der Waals surface area contributed by atoms with Crippen molar-refractivity contribution in [2.75, 3.05) is 6.54 Å². The van der Waals surface area contributed by atoms with Crippen molar-refractivity contribution < 1.29 is 0 Å². The van der Waals surface area contributed by atoms with E-state index in [0.717, 1.165) is 48.0 Å². The lowest BCUT2D eigenvalue weighted by atomic mass is 10.0. The lowest BCUT2D eigenvalue weighted by Crippen LogP contribution is -2.39. The van der Waals surface area contributed by atoms with Gasteiger partial charge >= 0.3 is 0 Å². The lowest BCUT2D eigenvalue weighted by Gasteiger charge is -2.29. The molecule has 0 atom stereocenters. The Hall–Kier alpha value is -2.18. The number of hydrogen-bond donors (Lipinski definition) is 1. The van der Waals surface area contributed by atoms with Gasteiger partial charge in [-0.1, -0.05) is 36.6 Å². The minimum Gasteiger partial charge on any atom is -0.292 e. The molecule has 140 valence electrons. The maximum Gasteiger partial charge on any atom is 0.282 e. The topological polar surface area (TPSA) is 66.8 Å². The molecule has 1 fully saturated rings. The third-order valence-electron chi connectivity index (χ3n) is 5.86. The summed E-state index contributed by atoms with van der Waals surface area (Å²) in [6.45, 7) is 2.97. The molecule has 27 heavy (non-hydrogen) atoms. The molecule has 0 unspecified atom stereocenters. The van der Waals surface area contributed by atoms with Gasteiger partial charge in [0.05, 0.1) is 12.2 Å². The fourth-order valence-corrected chi connectivity index (χ4v) is 4.53. The van der Waals surface area contributed by atoms with E-state index in [1.807, 2.05) is 12.1 Å².